The maximum absolute atomic E-state index is 5.59. The lowest BCUT2D eigenvalue weighted by Gasteiger charge is -2.22. The summed E-state index contributed by atoms with van der Waals surface area (Å²) in [7, 11) is 0. The Morgan fingerprint density at radius 1 is 0.850 bits per heavy atom. The van der Waals surface area contributed by atoms with Gasteiger partial charge in [0.25, 0.3) is 0 Å². The van der Waals surface area contributed by atoms with E-state index in [1.807, 2.05) is 6.92 Å². The third-order valence-electron chi connectivity index (χ3n) is 4.08. The van der Waals surface area contributed by atoms with Crippen LogP contribution in [-0.2, 0) is 4.74 Å². The molecule has 0 spiro atoms. The summed E-state index contributed by atoms with van der Waals surface area (Å²) in [5, 5.41) is 0. The molecule has 0 aromatic carbocycles. The van der Waals surface area contributed by atoms with Crippen LogP contribution in [-0.4, -0.2) is 18.8 Å². The summed E-state index contributed by atoms with van der Waals surface area (Å²) in [5.74, 6) is 5.59. The molecular weight excluding hydrogens is 248 g/mol. The average molecular weight is 287 g/mol. The minimum atomic E-state index is 0.212. The molecule has 0 amide bonds. The molecule has 3 N–H and O–H groups in total. The highest BCUT2D eigenvalue weighted by Crippen LogP contribution is 2.13. The van der Waals surface area contributed by atoms with Crippen molar-refractivity contribution in [2.24, 2.45) is 5.84 Å². The summed E-state index contributed by atoms with van der Waals surface area (Å²) in [6.07, 6.45) is 15.1. The summed E-state index contributed by atoms with van der Waals surface area (Å²) in [5.41, 5.74) is 2.89. The van der Waals surface area contributed by atoms with E-state index in [0.29, 0.717) is 6.04 Å². The van der Waals surface area contributed by atoms with Crippen LogP contribution < -0.4 is 11.3 Å². The lowest BCUT2D eigenvalue weighted by molar-refractivity contribution is 0.0445. The van der Waals surface area contributed by atoms with Crippen LogP contribution in [0.25, 0.3) is 0 Å². The lowest BCUT2D eigenvalue weighted by atomic mass is 10.0. The molecule has 0 aromatic rings. The smallest absolute Gasteiger partial charge is 0.0713 e. The van der Waals surface area contributed by atoms with E-state index in [1.165, 1.54) is 64.2 Å². The fraction of sp³-hybridized carbons (Fsp3) is 1.00. The Bertz CT molecular complexity index is 188. The first-order valence-corrected chi connectivity index (χ1v) is 8.83. The van der Waals surface area contributed by atoms with E-state index in [9.17, 15) is 0 Å². The van der Waals surface area contributed by atoms with Gasteiger partial charge in [-0.1, -0.05) is 71.1 Å². The van der Waals surface area contributed by atoms with Crippen LogP contribution in [0.4, 0.5) is 0 Å². The monoisotopic (exact) mass is 286 g/mol. The molecule has 0 aliphatic rings. The molecule has 0 fully saturated rings. The van der Waals surface area contributed by atoms with Gasteiger partial charge in [0.05, 0.1) is 6.10 Å². The number of unbranched alkanes of at least 4 members (excludes halogenated alkanes) is 9. The number of nitrogens with two attached hydrogens (primary N) is 1. The van der Waals surface area contributed by atoms with Crippen molar-refractivity contribution in [3.63, 3.8) is 0 Å². The van der Waals surface area contributed by atoms with Gasteiger partial charge in [0.1, 0.15) is 0 Å². The Morgan fingerprint density at radius 3 is 1.80 bits per heavy atom. The molecule has 0 aliphatic carbocycles. The number of rotatable bonds is 15. The van der Waals surface area contributed by atoms with Crippen LogP contribution in [0.2, 0.25) is 0 Å². The third-order valence-corrected chi connectivity index (χ3v) is 4.08. The molecule has 3 nitrogen and oxygen atoms in total. The standard InChI is InChI=1S/C17H38N2O/c1-4-6-7-8-9-10-11-12-13-14-15-17(19-18)16(3)20-5-2/h16-17,19H,4-15,18H2,1-3H3. The zero-order valence-corrected chi connectivity index (χ0v) is 14.1. The Balaban J connectivity index is 3.33. The van der Waals surface area contributed by atoms with E-state index in [4.69, 9.17) is 10.6 Å². The maximum Gasteiger partial charge on any atom is 0.0713 e. The van der Waals surface area contributed by atoms with E-state index >= 15 is 0 Å². The van der Waals surface area contributed by atoms with Crippen LogP contribution in [0.1, 0.15) is 91.4 Å². The summed E-state index contributed by atoms with van der Waals surface area (Å²) in [4.78, 5) is 0. The van der Waals surface area contributed by atoms with Crippen molar-refractivity contribution in [2.75, 3.05) is 6.61 Å². The molecule has 0 saturated heterocycles. The molecular formula is C17H38N2O. The molecule has 3 heteroatoms. The normalized spacial score (nSPS) is 14.4. The number of hydrogen-bond donors (Lipinski definition) is 2. The molecule has 0 heterocycles. The summed E-state index contributed by atoms with van der Waals surface area (Å²) in [6, 6.07) is 0.295. The van der Waals surface area contributed by atoms with E-state index in [2.05, 4.69) is 19.3 Å². The topological polar surface area (TPSA) is 47.3 Å². The van der Waals surface area contributed by atoms with E-state index in [-0.39, 0.29) is 6.10 Å². The second-order valence-corrected chi connectivity index (χ2v) is 5.90. The average Bonchev–Trinajstić information content (AvgIpc) is 2.45. The molecule has 0 saturated carbocycles. The zero-order valence-electron chi connectivity index (χ0n) is 14.1. The van der Waals surface area contributed by atoms with Gasteiger partial charge in [-0.15, -0.1) is 0 Å². The zero-order chi connectivity index (χ0) is 15.1. The number of hydrazine groups is 1. The summed E-state index contributed by atoms with van der Waals surface area (Å²) >= 11 is 0. The Morgan fingerprint density at radius 2 is 1.35 bits per heavy atom. The molecule has 0 aliphatic heterocycles. The fourth-order valence-electron chi connectivity index (χ4n) is 2.68. The van der Waals surface area contributed by atoms with Crippen LogP contribution in [0, 0.1) is 0 Å². The summed E-state index contributed by atoms with van der Waals surface area (Å²) < 4.78 is 5.59. The van der Waals surface area contributed by atoms with Crippen molar-refractivity contribution in [1.29, 1.82) is 0 Å². The molecule has 0 bridgehead atoms. The molecule has 122 valence electrons. The van der Waals surface area contributed by atoms with E-state index in [1.54, 1.807) is 0 Å². The first kappa shape index (κ1) is 19.9. The van der Waals surface area contributed by atoms with Crippen molar-refractivity contribution in [3.05, 3.63) is 0 Å². The van der Waals surface area contributed by atoms with Gasteiger partial charge in [-0.25, -0.2) is 0 Å². The highest BCUT2D eigenvalue weighted by atomic mass is 16.5. The molecule has 2 unspecified atom stereocenters. The van der Waals surface area contributed by atoms with Gasteiger partial charge in [0.2, 0.25) is 0 Å². The second kappa shape index (κ2) is 15.3. The quantitative estimate of drug-likeness (QED) is 0.264. The van der Waals surface area contributed by atoms with Crippen LogP contribution in [0.3, 0.4) is 0 Å². The van der Waals surface area contributed by atoms with Crippen molar-refractivity contribution in [2.45, 2.75) is 104 Å². The van der Waals surface area contributed by atoms with Gasteiger partial charge in [-0.05, 0) is 20.3 Å². The molecule has 0 rings (SSSR count). The van der Waals surface area contributed by atoms with Crippen LogP contribution in [0.5, 0.6) is 0 Å². The van der Waals surface area contributed by atoms with Crippen molar-refractivity contribution < 1.29 is 4.74 Å². The molecule has 20 heavy (non-hydrogen) atoms. The van der Waals surface area contributed by atoms with Gasteiger partial charge in [-0.2, -0.15) is 0 Å². The number of nitrogens with one attached hydrogen (secondary N) is 1. The van der Waals surface area contributed by atoms with Crippen molar-refractivity contribution >= 4 is 0 Å². The predicted octanol–water partition coefficient (Wildman–Crippen LogP) is 4.55. The third kappa shape index (κ3) is 11.7. The predicted molar refractivity (Wildman–Crippen MR) is 88.7 cm³/mol. The molecule has 2 atom stereocenters. The first-order chi connectivity index (χ1) is 9.76. The Labute approximate surface area is 127 Å². The fourth-order valence-corrected chi connectivity index (χ4v) is 2.68. The van der Waals surface area contributed by atoms with Gasteiger partial charge in [0, 0.05) is 12.6 Å². The Hall–Kier alpha value is -0.120. The van der Waals surface area contributed by atoms with Crippen LogP contribution >= 0.6 is 0 Å². The van der Waals surface area contributed by atoms with Crippen molar-refractivity contribution in [1.82, 2.24) is 5.43 Å². The van der Waals surface area contributed by atoms with Crippen LogP contribution in [0.15, 0.2) is 0 Å². The van der Waals surface area contributed by atoms with E-state index in [0.717, 1.165) is 13.0 Å². The number of ether oxygens (including phenoxy) is 1. The van der Waals surface area contributed by atoms with Crippen molar-refractivity contribution in [3.8, 4) is 0 Å². The second-order valence-electron chi connectivity index (χ2n) is 5.90. The minimum absolute atomic E-state index is 0.212. The SMILES string of the molecule is CCCCCCCCCCCCC(NN)C(C)OCC. The van der Waals surface area contributed by atoms with Gasteiger partial charge in [-0.3, -0.25) is 11.3 Å². The summed E-state index contributed by atoms with van der Waals surface area (Å²) in [6.45, 7) is 7.17. The Kier molecular flexibility index (Phi) is 15.2. The van der Waals surface area contributed by atoms with Gasteiger partial charge >= 0.3 is 0 Å². The molecule has 0 aromatic heterocycles. The largest absolute Gasteiger partial charge is 0.377 e. The first-order valence-electron chi connectivity index (χ1n) is 8.83. The minimum Gasteiger partial charge on any atom is -0.377 e. The lowest BCUT2D eigenvalue weighted by Crippen LogP contribution is -2.43. The maximum atomic E-state index is 5.59. The highest BCUT2D eigenvalue weighted by molar-refractivity contribution is 4.71. The van der Waals surface area contributed by atoms with Gasteiger partial charge in [0.15, 0.2) is 0 Å². The highest BCUT2D eigenvalue weighted by Gasteiger charge is 2.14. The molecule has 0 radical (unpaired) electrons. The van der Waals surface area contributed by atoms with Gasteiger partial charge < -0.3 is 4.74 Å². The van der Waals surface area contributed by atoms with E-state index < -0.39 is 0 Å². The number of hydrogen-bond acceptors (Lipinski definition) is 3.